The van der Waals surface area contributed by atoms with Crippen LogP contribution in [-0.2, 0) is 25.8 Å². The van der Waals surface area contributed by atoms with Crippen molar-refractivity contribution < 1.29 is 25.8 Å². The summed E-state index contributed by atoms with van der Waals surface area (Å²) in [5.41, 5.74) is 3.30. The van der Waals surface area contributed by atoms with E-state index in [1.54, 1.807) is 10.6 Å². The monoisotopic (exact) mass is 698 g/mol. The molecule has 0 radical (unpaired) electrons. The van der Waals surface area contributed by atoms with E-state index in [0.29, 0.717) is 0 Å². The van der Waals surface area contributed by atoms with Gasteiger partial charge in [0.25, 0.3) is 0 Å². The third-order valence-corrected chi connectivity index (χ3v) is 15.0. The molecule has 0 fully saturated rings. The maximum absolute atomic E-state index is 2.43. The number of rotatable bonds is 10. The summed E-state index contributed by atoms with van der Waals surface area (Å²) in [6, 6.07) is 27.2. The van der Waals surface area contributed by atoms with Crippen molar-refractivity contribution in [2.45, 2.75) is 104 Å². The van der Waals surface area contributed by atoms with Gasteiger partial charge in [-0.3, -0.25) is 0 Å². The van der Waals surface area contributed by atoms with Gasteiger partial charge in [0.05, 0.1) is 0 Å². The largest absolute Gasteiger partial charge is 4.00 e. The van der Waals surface area contributed by atoms with Crippen LogP contribution in [0.3, 0.4) is 0 Å². The normalized spacial score (nSPS) is 16.2. The van der Waals surface area contributed by atoms with E-state index < -0.39 is 0 Å². The molecule has 0 aliphatic rings. The van der Waals surface area contributed by atoms with E-state index >= 15 is 0 Å². The molecule has 0 N–H and O–H groups in total. The Morgan fingerprint density at radius 3 is 1.11 bits per heavy atom. The van der Waals surface area contributed by atoms with E-state index in [2.05, 4.69) is 128 Å². The molecular weight excluding hydrogens is 649 g/mol. The van der Waals surface area contributed by atoms with Crippen LogP contribution < -0.4 is 10.6 Å². The van der Waals surface area contributed by atoms with Crippen molar-refractivity contribution in [1.82, 2.24) is 0 Å². The zero-order chi connectivity index (χ0) is 26.2. The third kappa shape index (κ3) is 8.19. The van der Waals surface area contributed by atoms with Gasteiger partial charge in [0.15, 0.2) is 0 Å². The van der Waals surface area contributed by atoms with Crippen LogP contribution in [0.15, 0.2) is 72.8 Å². The van der Waals surface area contributed by atoms with E-state index in [9.17, 15) is 0 Å². The minimum atomic E-state index is -0.0252. The van der Waals surface area contributed by atoms with Crippen molar-refractivity contribution in [1.29, 1.82) is 0 Å². The summed E-state index contributed by atoms with van der Waals surface area (Å²) in [5, 5.41) is 8.85. The van der Waals surface area contributed by atoms with Gasteiger partial charge in [0, 0.05) is 0 Å². The molecule has 37 heavy (non-hydrogen) atoms. The molecule has 0 bridgehead atoms. The Bertz CT molecular complexity index is 1010. The van der Waals surface area contributed by atoms with Gasteiger partial charge in [0.2, 0.25) is 0 Å². The van der Waals surface area contributed by atoms with Crippen LogP contribution >= 0.6 is 15.8 Å². The van der Waals surface area contributed by atoms with Crippen LogP contribution in [0.25, 0.3) is 21.5 Å². The van der Waals surface area contributed by atoms with Crippen LogP contribution in [0.4, 0.5) is 0 Å². The molecule has 0 saturated carbocycles. The number of hydrogen-bond acceptors (Lipinski definition) is 0. The van der Waals surface area contributed by atoms with Crippen molar-refractivity contribution in [2.24, 2.45) is 0 Å². The average molecular weight is 697 g/mol. The van der Waals surface area contributed by atoms with Gasteiger partial charge >= 0.3 is 25.8 Å². The Balaban J connectivity index is 0.000000253. The number of fused-ring (bicyclic) bond motifs is 2. The van der Waals surface area contributed by atoms with Gasteiger partial charge < -0.3 is 0 Å². The Labute approximate surface area is 249 Å². The Hall–Kier alpha value is -0.610. The van der Waals surface area contributed by atoms with Gasteiger partial charge in [-0.2, -0.15) is 12.1 Å². The Kier molecular flexibility index (Phi) is 14.0. The smallest absolute Gasteiger partial charge is 0.161 e. The predicted molar refractivity (Wildman–Crippen MR) is 171 cm³/mol. The van der Waals surface area contributed by atoms with Crippen LogP contribution in [0.5, 0.6) is 0 Å². The standard InChI is InChI=1S/2C17H24P.Hf/c2*1-5-13(3)18(14(4)6-2)17-11-15-9-7-8-10-16(15)12-17;/h2*7-14H,5-6H2,1-4H3;/q2*-1;+4. The topological polar surface area (TPSA) is 0 Å². The fraction of sp³-hybridized carbons (Fsp3) is 0.471. The molecule has 0 saturated heterocycles. The average Bonchev–Trinajstić information content (AvgIpc) is 3.52. The zero-order valence-corrected chi connectivity index (χ0v) is 29.8. The molecule has 196 valence electrons. The SMILES string of the molecule is CCC(C)P(c1cc2ccccc2[cH-]1)C(C)CC.CCC(C)P(c1cc2ccccc2[cH-]1)C(C)CC.[Hf+4]. The maximum atomic E-state index is 2.43. The Morgan fingerprint density at radius 1 is 0.541 bits per heavy atom. The zero-order valence-electron chi connectivity index (χ0n) is 24.5. The molecule has 4 rings (SSSR count). The molecule has 0 spiro atoms. The van der Waals surface area contributed by atoms with Gasteiger partial charge in [-0.25, -0.2) is 0 Å². The van der Waals surface area contributed by atoms with Gasteiger partial charge in [-0.1, -0.05) is 83.4 Å². The van der Waals surface area contributed by atoms with Gasteiger partial charge in [-0.15, -0.1) is 80.7 Å². The van der Waals surface area contributed by atoms with Crippen molar-refractivity contribution >= 4 is 48.0 Å². The first-order valence-corrected chi connectivity index (χ1v) is 17.2. The van der Waals surface area contributed by atoms with Crippen molar-refractivity contribution in [3.05, 3.63) is 72.8 Å². The van der Waals surface area contributed by atoms with E-state index in [-0.39, 0.29) is 41.7 Å². The molecule has 4 unspecified atom stereocenters. The molecule has 0 amide bonds. The molecule has 0 aliphatic carbocycles. The first kappa shape index (κ1) is 32.6. The van der Waals surface area contributed by atoms with Crippen LogP contribution in [0.1, 0.15) is 81.1 Å². The number of hydrogen-bond donors (Lipinski definition) is 0. The summed E-state index contributed by atoms with van der Waals surface area (Å²) in [6.07, 6.45) is 5.16. The summed E-state index contributed by atoms with van der Waals surface area (Å²) in [7, 11) is -0.0504. The molecular formula is C34H48HfP2+2. The predicted octanol–water partition coefficient (Wildman–Crippen LogP) is 10.5. The van der Waals surface area contributed by atoms with Crippen LogP contribution in [-0.4, -0.2) is 22.6 Å². The third-order valence-electron chi connectivity index (χ3n) is 8.06. The first-order valence-electron chi connectivity index (χ1n) is 14.2. The maximum Gasteiger partial charge on any atom is 4.00 e. The fourth-order valence-corrected chi connectivity index (χ4v) is 11.7. The summed E-state index contributed by atoms with van der Waals surface area (Å²) in [5.74, 6) is 0. The molecule has 0 aliphatic heterocycles. The van der Waals surface area contributed by atoms with Gasteiger partial charge in [0.1, 0.15) is 0 Å². The molecule has 0 aromatic heterocycles. The molecule has 0 nitrogen and oxygen atoms in total. The van der Waals surface area contributed by atoms with Crippen molar-refractivity contribution in [3.63, 3.8) is 0 Å². The van der Waals surface area contributed by atoms with Gasteiger partial charge in [-0.05, 0) is 48.3 Å². The Morgan fingerprint density at radius 2 is 0.838 bits per heavy atom. The minimum absolute atomic E-state index is 0. The van der Waals surface area contributed by atoms with Crippen molar-refractivity contribution in [2.75, 3.05) is 0 Å². The van der Waals surface area contributed by atoms with E-state index in [1.165, 1.54) is 47.2 Å². The van der Waals surface area contributed by atoms with E-state index in [0.717, 1.165) is 22.6 Å². The van der Waals surface area contributed by atoms with E-state index in [4.69, 9.17) is 0 Å². The second-order valence-corrected chi connectivity index (χ2v) is 16.7. The minimum Gasteiger partial charge on any atom is -0.161 e. The van der Waals surface area contributed by atoms with Crippen LogP contribution in [0.2, 0.25) is 0 Å². The first-order chi connectivity index (χ1) is 17.3. The molecule has 0 heterocycles. The van der Waals surface area contributed by atoms with Crippen LogP contribution in [0, 0.1) is 0 Å². The second kappa shape index (κ2) is 15.8. The molecule has 4 atom stereocenters. The molecule has 3 heteroatoms. The summed E-state index contributed by atoms with van der Waals surface area (Å²) in [4.78, 5) is 0. The fourth-order valence-electron chi connectivity index (χ4n) is 5.24. The van der Waals surface area contributed by atoms with Crippen molar-refractivity contribution in [3.8, 4) is 0 Å². The molecule has 4 aromatic carbocycles. The van der Waals surface area contributed by atoms with E-state index in [1.807, 2.05) is 0 Å². The summed E-state index contributed by atoms with van der Waals surface area (Å²) >= 11 is 0. The summed E-state index contributed by atoms with van der Waals surface area (Å²) in [6.45, 7) is 19.0. The molecule has 4 aromatic rings. The summed E-state index contributed by atoms with van der Waals surface area (Å²) < 4.78 is 0. The second-order valence-electron chi connectivity index (χ2n) is 10.5. The number of benzene rings is 2. The quantitative estimate of drug-likeness (QED) is 0.0880.